The summed E-state index contributed by atoms with van der Waals surface area (Å²) >= 11 is 0. The second-order valence-corrected chi connectivity index (χ2v) is 5.42. The van der Waals surface area contributed by atoms with Crippen LogP contribution < -0.4 is 16.0 Å². The number of primary amides is 1. The van der Waals surface area contributed by atoms with Crippen molar-refractivity contribution in [3.8, 4) is 5.75 Å². The molecule has 1 atom stereocenters. The summed E-state index contributed by atoms with van der Waals surface area (Å²) in [5.41, 5.74) is 7.23. The molecule has 1 saturated heterocycles. The first-order valence-corrected chi connectivity index (χ1v) is 7.07. The van der Waals surface area contributed by atoms with E-state index in [0.29, 0.717) is 5.75 Å². The largest absolute Gasteiger partial charge is 0.508 e. The van der Waals surface area contributed by atoms with E-state index in [0.717, 1.165) is 37.2 Å². The lowest BCUT2D eigenvalue weighted by Gasteiger charge is -2.32. The SMILES string of the molecule is CNC(C)c1ccc(N2CCC(C(N)=O)CC2)cc1O. The van der Waals surface area contributed by atoms with Gasteiger partial charge in [-0.25, -0.2) is 0 Å². The van der Waals surface area contributed by atoms with Crippen LogP contribution in [0, 0.1) is 5.92 Å². The summed E-state index contributed by atoms with van der Waals surface area (Å²) in [6, 6.07) is 5.89. The summed E-state index contributed by atoms with van der Waals surface area (Å²) in [5.74, 6) is 0.0931. The van der Waals surface area contributed by atoms with Gasteiger partial charge in [-0.15, -0.1) is 0 Å². The van der Waals surface area contributed by atoms with E-state index < -0.39 is 0 Å². The lowest BCUT2D eigenvalue weighted by Crippen LogP contribution is -2.38. The van der Waals surface area contributed by atoms with Crippen molar-refractivity contribution in [2.24, 2.45) is 11.7 Å². The molecule has 4 N–H and O–H groups in total. The molecular formula is C15H23N3O2. The zero-order chi connectivity index (χ0) is 14.7. The number of phenols is 1. The first kappa shape index (κ1) is 14.7. The number of aromatic hydroxyl groups is 1. The summed E-state index contributed by atoms with van der Waals surface area (Å²) < 4.78 is 0. The van der Waals surface area contributed by atoms with Gasteiger partial charge in [0.15, 0.2) is 0 Å². The molecule has 1 aromatic carbocycles. The van der Waals surface area contributed by atoms with Crippen molar-refractivity contribution in [3.05, 3.63) is 23.8 Å². The van der Waals surface area contributed by atoms with Gasteiger partial charge in [0, 0.05) is 42.4 Å². The Bertz CT molecular complexity index is 482. The van der Waals surface area contributed by atoms with Crippen LogP contribution >= 0.6 is 0 Å². The molecule has 5 nitrogen and oxygen atoms in total. The topological polar surface area (TPSA) is 78.6 Å². The van der Waals surface area contributed by atoms with Crippen LogP contribution in [0.2, 0.25) is 0 Å². The Morgan fingerprint density at radius 3 is 2.60 bits per heavy atom. The summed E-state index contributed by atoms with van der Waals surface area (Å²) in [6.45, 7) is 3.61. The molecule has 20 heavy (non-hydrogen) atoms. The fourth-order valence-corrected chi connectivity index (χ4v) is 2.67. The Balaban J connectivity index is 2.07. The fourth-order valence-electron chi connectivity index (χ4n) is 2.67. The molecule has 0 aromatic heterocycles. The number of benzene rings is 1. The van der Waals surface area contributed by atoms with Gasteiger partial charge in [-0.05, 0) is 32.9 Å². The van der Waals surface area contributed by atoms with E-state index in [1.807, 2.05) is 26.1 Å². The van der Waals surface area contributed by atoms with Crippen LogP contribution in [0.3, 0.4) is 0 Å². The van der Waals surface area contributed by atoms with Gasteiger partial charge in [-0.1, -0.05) is 6.07 Å². The Labute approximate surface area is 119 Å². The first-order valence-electron chi connectivity index (χ1n) is 7.07. The van der Waals surface area contributed by atoms with Crippen molar-refractivity contribution in [2.45, 2.75) is 25.8 Å². The summed E-state index contributed by atoms with van der Waals surface area (Å²) in [6.07, 6.45) is 1.57. The van der Waals surface area contributed by atoms with Crippen molar-refractivity contribution in [1.29, 1.82) is 0 Å². The van der Waals surface area contributed by atoms with Crippen LogP contribution in [0.5, 0.6) is 5.75 Å². The number of anilines is 1. The van der Waals surface area contributed by atoms with Crippen molar-refractivity contribution >= 4 is 11.6 Å². The minimum atomic E-state index is -0.203. The zero-order valence-corrected chi connectivity index (χ0v) is 12.1. The molecule has 1 heterocycles. The zero-order valence-electron chi connectivity index (χ0n) is 12.1. The number of nitrogens with two attached hydrogens (primary N) is 1. The average Bonchev–Trinajstić information content (AvgIpc) is 2.46. The van der Waals surface area contributed by atoms with Crippen molar-refractivity contribution in [1.82, 2.24) is 5.32 Å². The molecular weight excluding hydrogens is 254 g/mol. The third-order valence-corrected chi connectivity index (χ3v) is 4.18. The number of nitrogens with one attached hydrogen (secondary N) is 1. The van der Waals surface area contributed by atoms with E-state index in [1.54, 1.807) is 6.07 Å². The number of hydrogen-bond donors (Lipinski definition) is 3. The Kier molecular flexibility index (Phi) is 4.49. The third-order valence-electron chi connectivity index (χ3n) is 4.18. The number of amides is 1. The molecule has 2 rings (SSSR count). The number of carbonyl (C=O) groups excluding carboxylic acids is 1. The van der Waals surface area contributed by atoms with Crippen LogP contribution in [0.4, 0.5) is 5.69 Å². The number of rotatable bonds is 4. The van der Waals surface area contributed by atoms with Crippen LogP contribution in [0.25, 0.3) is 0 Å². The van der Waals surface area contributed by atoms with E-state index in [-0.39, 0.29) is 17.9 Å². The minimum absolute atomic E-state index is 0.0107. The molecule has 1 amide bonds. The van der Waals surface area contributed by atoms with Gasteiger partial charge >= 0.3 is 0 Å². The molecule has 0 aliphatic carbocycles. The lowest BCUT2D eigenvalue weighted by atomic mass is 9.95. The molecule has 110 valence electrons. The highest BCUT2D eigenvalue weighted by Crippen LogP contribution is 2.31. The van der Waals surface area contributed by atoms with E-state index in [1.165, 1.54) is 0 Å². The van der Waals surface area contributed by atoms with Gasteiger partial charge in [0.25, 0.3) is 0 Å². The fraction of sp³-hybridized carbons (Fsp3) is 0.533. The minimum Gasteiger partial charge on any atom is -0.508 e. The predicted octanol–water partition coefficient (Wildman–Crippen LogP) is 1.37. The molecule has 1 fully saturated rings. The van der Waals surface area contributed by atoms with Crippen LogP contribution in [0.1, 0.15) is 31.4 Å². The number of phenolic OH excluding ortho intramolecular Hbond substituents is 1. The normalized spacial score (nSPS) is 18.0. The Morgan fingerprint density at radius 1 is 1.45 bits per heavy atom. The summed E-state index contributed by atoms with van der Waals surface area (Å²) in [4.78, 5) is 13.3. The third kappa shape index (κ3) is 3.04. The van der Waals surface area contributed by atoms with Gasteiger partial charge < -0.3 is 21.1 Å². The van der Waals surface area contributed by atoms with E-state index in [9.17, 15) is 9.90 Å². The summed E-state index contributed by atoms with van der Waals surface area (Å²) in [5, 5.41) is 13.2. The van der Waals surface area contributed by atoms with Crippen molar-refractivity contribution in [3.63, 3.8) is 0 Å². The summed E-state index contributed by atoms with van der Waals surface area (Å²) in [7, 11) is 1.87. The second kappa shape index (κ2) is 6.13. The number of piperidine rings is 1. The maximum Gasteiger partial charge on any atom is 0.220 e. The molecule has 0 radical (unpaired) electrons. The smallest absolute Gasteiger partial charge is 0.220 e. The first-order chi connectivity index (χ1) is 9.52. The highest BCUT2D eigenvalue weighted by molar-refractivity contribution is 5.77. The monoisotopic (exact) mass is 277 g/mol. The second-order valence-electron chi connectivity index (χ2n) is 5.42. The van der Waals surface area contributed by atoms with Crippen LogP contribution in [0.15, 0.2) is 18.2 Å². The van der Waals surface area contributed by atoms with Gasteiger partial charge in [-0.2, -0.15) is 0 Å². The lowest BCUT2D eigenvalue weighted by molar-refractivity contribution is -0.122. The Morgan fingerprint density at radius 2 is 2.10 bits per heavy atom. The molecule has 5 heteroatoms. The number of hydrogen-bond acceptors (Lipinski definition) is 4. The predicted molar refractivity (Wildman–Crippen MR) is 79.7 cm³/mol. The number of carbonyl (C=O) groups is 1. The average molecular weight is 277 g/mol. The molecule has 0 saturated carbocycles. The van der Waals surface area contributed by atoms with E-state index in [2.05, 4.69) is 10.2 Å². The van der Waals surface area contributed by atoms with Gasteiger partial charge in [-0.3, -0.25) is 4.79 Å². The molecule has 1 aliphatic rings. The maximum absolute atomic E-state index is 11.2. The van der Waals surface area contributed by atoms with Crippen LogP contribution in [-0.2, 0) is 4.79 Å². The van der Waals surface area contributed by atoms with Gasteiger partial charge in [0.2, 0.25) is 5.91 Å². The highest BCUT2D eigenvalue weighted by atomic mass is 16.3. The molecule has 0 spiro atoms. The van der Waals surface area contributed by atoms with Crippen molar-refractivity contribution in [2.75, 3.05) is 25.0 Å². The van der Waals surface area contributed by atoms with E-state index in [4.69, 9.17) is 5.73 Å². The quantitative estimate of drug-likeness (QED) is 0.777. The van der Waals surface area contributed by atoms with Gasteiger partial charge in [0.1, 0.15) is 5.75 Å². The molecule has 1 aromatic rings. The highest BCUT2D eigenvalue weighted by Gasteiger charge is 2.23. The van der Waals surface area contributed by atoms with E-state index >= 15 is 0 Å². The molecule has 0 bridgehead atoms. The molecule has 1 aliphatic heterocycles. The standard InChI is InChI=1S/C15H23N3O2/c1-10(17-2)13-4-3-12(9-14(13)19)18-7-5-11(6-8-18)15(16)20/h3-4,9-11,17,19H,5-8H2,1-2H3,(H2,16,20). The van der Waals surface area contributed by atoms with Crippen LogP contribution in [-0.4, -0.2) is 31.2 Å². The van der Waals surface area contributed by atoms with Gasteiger partial charge in [0.05, 0.1) is 0 Å². The van der Waals surface area contributed by atoms with Crippen molar-refractivity contribution < 1.29 is 9.90 Å². The maximum atomic E-state index is 11.2. The molecule has 1 unspecified atom stereocenters. The number of nitrogens with zero attached hydrogens (tertiary/aromatic N) is 1. The Hall–Kier alpha value is -1.75.